The highest BCUT2D eigenvalue weighted by molar-refractivity contribution is 5.94. The summed E-state index contributed by atoms with van der Waals surface area (Å²) in [6.07, 6.45) is 3.11. The van der Waals surface area contributed by atoms with Gasteiger partial charge in [-0.15, -0.1) is 0 Å². The monoisotopic (exact) mass is 468 g/mol. The van der Waals surface area contributed by atoms with E-state index in [0.717, 1.165) is 25.1 Å². The van der Waals surface area contributed by atoms with E-state index in [1.54, 1.807) is 12.1 Å². The molecular weight excluding hydrogens is 445 g/mol. The van der Waals surface area contributed by atoms with Crippen molar-refractivity contribution in [2.24, 2.45) is 5.73 Å². The van der Waals surface area contributed by atoms with Gasteiger partial charge in [0.25, 0.3) is 5.91 Å². The van der Waals surface area contributed by atoms with Gasteiger partial charge >= 0.3 is 0 Å². The number of rotatable bonds is 7. The summed E-state index contributed by atoms with van der Waals surface area (Å²) in [5.41, 5.74) is 6.73. The van der Waals surface area contributed by atoms with Crippen molar-refractivity contribution in [3.8, 4) is 11.1 Å². The lowest BCUT2D eigenvalue weighted by atomic mass is 9.94. The quantitative estimate of drug-likeness (QED) is 0.495. The van der Waals surface area contributed by atoms with Gasteiger partial charge in [0.2, 0.25) is 5.91 Å². The topological polar surface area (TPSA) is 97.1 Å². The van der Waals surface area contributed by atoms with Crippen molar-refractivity contribution in [2.45, 2.75) is 31.3 Å². The van der Waals surface area contributed by atoms with E-state index in [4.69, 9.17) is 5.73 Å². The van der Waals surface area contributed by atoms with Gasteiger partial charge in [0.05, 0.1) is 23.3 Å². The maximum absolute atomic E-state index is 14.1. The van der Waals surface area contributed by atoms with Crippen molar-refractivity contribution in [3.63, 3.8) is 0 Å². The first-order valence-corrected chi connectivity index (χ1v) is 10.8. The molecule has 1 saturated heterocycles. The Balaban J connectivity index is 1.76. The van der Waals surface area contributed by atoms with E-state index in [-0.39, 0.29) is 23.9 Å². The number of carbonyl (C=O) groups is 2. The van der Waals surface area contributed by atoms with Crippen LogP contribution in [0.15, 0.2) is 54.7 Å². The molecule has 2 heterocycles. The van der Waals surface area contributed by atoms with E-state index in [1.807, 2.05) is 0 Å². The van der Waals surface area contributed by atoms with Crippen LogP contribution in [0.25, 0.3) is 11.1 Å². The van der Waals surface area contributed by atoms with Gasteiger partial charge in [-0.05, 0) is 67.3 Å². The summed E-state index contributed by atoms with van der Waals surface area (Å²) in [7, 11) is 0. The molecule has 1 fully saturated rings. The number of nitrogens with two attached hydrogens (primary N) is 1. The number of hydrogen-bond donors (Lipinski definition) is 3. The Labute approximate surface area is 194 Å². The Kier molecular flexibility index (Phi) is 6.93. The molecule has 2 aromatic carbocycles. The summed E-state index contributed by atoms with van der Waals surface area (Å²) in [5, 5.41) is 6.07. The number of nitrogens with zero attached hydrogens (tertiary/aromatic N) is 1. The van der Waals surface area contributed by atoms with Crippen LogP contribution in [-0.2, 0) is 11.2 Å². The number of amides is 2. The fourth-order valence-electron chi connectivity index (χ4n) is 4.18. The number of primary amides is 1. The Morgan fingerprint density at radius 3 is 2.56 bits per heavy atom. The van der Waals surface area contributed by atoms with E-state index < -0.39 is 29.4 Å². The summed E-state index contributed by atoms with van der Waals surface area (Å²) in [6, 6.07) is 9.31. The lowest BCUT2D eigenvalue weighted by molar-refractivity contribution is -0.123. The van der Waals surface area contributed by atoms with E-state index >= 15 is 0 Å². The fraction of sp³-hybridized carbons (Fsp3) is 0.240. The lowest BCUT2D eigenvalue weighted by Crippen LogP contribution is -2.42. The Hall–Kier alpha value is -3.72. The molecule has 3 aromatic rings. The Morgan fingerprint density at radius 2 is 1.88 bits per heavy atom. The van der Waals surface area contributed by atoms with Gasteiger partial charge in [-0.2, -0.15) is 0 Å². The lowest BCUT2D eigenvalue weighted by Gasteiger charge is -2.23. The Morgan fingerprint density at radius 1 is 1.12 bits per heavy atom. The molecule has 2 amide bonds. The first-order chi connectivity index (χ1) is 16.3. The standard InChI is InChI=1S/C25H23F3N4O2/c26-16-9-14(10-17(27)13-16)11-22(32-25(34)21-4-2-7-30-21)23-18(3-1-8-31-23)15-5-6-20(28)19(12-15)24(29)33/h1,3,5-6,8-10,12-13,21-22,30H,2,4,7,11H2,(H2,29,33)(H,32,34)/t21?,22-/m0/s1. The van der Waals surface area contributed by atoms with Crippen LogP contribution in [0, 0.1) is 17.5 Å². The molecule has 4 rings (SSSR count). The highest BCUT2D eigenvalue weighted by atomic mass is 19.1. The van der Waals surface area contributed by atoms with Gasteiger partial charge < -0.3 is 16.4 Å². The van der Waals surface area contributed by atoms with Crippen molar-refractivity contribution in [3.05, 3.63) is 89.0 Å². The van der Waals surface area contributed by atoms with Gasteiger partial charge in [-0.25, -0.2) is 13.2 Å². The summed E-state index contributed by atoms with van der Waals surface area (Å²) in [6.45, 7) is 0.720. The van der Waals surface area contributed by atoms with Gasteiger partial charge in [0, 0.05) is 17.8 Å². The fourth-order valence-corrected chi connectivity index (χ4v) is 4.18. The van der Waals surface area contributed by atoms with Crippen LogP contribution >= 0.6 is 0 Å². The van der Waals surface area contributed by atoms with Crippen LogP contribution in [-0.4, -0.2) is 29.4 Å². The predicted octanol–water partition coefficient (Wildman–Crippen LogP) is 3.42. The minimum absolute atomic E-state index is 0.0566. The smallest absolute Gasteiger partial charge is 0.251 e. The molecule has 1 aromatic heterocycles. The molecule has 2 atom stereocenters. The number of carbonyl (C=O) groups excluding carboxylic acids is 2. The average Bonchev–Trinajstić information content (AvgIpc) is 3.33. The van der Waals surface area contributed by atoms with Gasteiger partial charge in [0.1, 0.15) is 17.5 Å². The largest absolute Gasteiger partial charge is 0.366 e. The number of halogens is 3. The number of benzene rings is 2. The molecule has 4 N–H and O–H groups in total. The van der Waals surface area contributed by atoms with E-state index in [1.165, 1.54) is 30.5 Å². The second kappa shape index (κ2) is 10.0. The number of nitrogens with one attached hydrogen (secondary N) is 2. The van der Waals surface area contributed by atoms with Gasteiger partial charge in [-0.1, -0.05) is 12.1 Å². The summed E-state index contributed by atoms with van der Waals surface area (Å²) < 4.78 is 41.8. The molecule has 0 aliphatic carbocycles. The maximum atomic E-state index is 14.1. The zero-order chi connectivity index (χ0) is 24.2. The summed E-state index contributed by atoms with van der Waals surface area (Å²) in [4.78, 5) is 29.0. The zero-order valence-corrected chi connectivity index (χ0v) is 18.2. The molecular formula is C25H23F3N4O2. The van der Waals surface area contributed by atoms with Crippen molar-refractivity contribution in [2.75, 3.05) is 6.54 Å². The van der Waals surface area contributed by atoms with Crippen molar-refractivity contribution in [1.82, 2.24) is 15.6 Å². The SMILES string of the molecule is NC(=O)c1cc(-c2cccnc2[C@H](Cc2cc(F)cc(F)c2)NC(=O)C2CCCN2)ccc1F. The zero-order valence-electron chi connectivity index (χ0n) is 18.2. The first-order valence-electron chi connectivity index (χ1n) is 10.8. The van der Waals surface area contributed by atoms with Crippen LogP contribution < -0.4 is 16.4 Å². The van der Waals surface area contributed by atoms with Gasteiger partial charge in [0.15, 0.2) is 0 Å². The molecule has 1 unspecified atom stereocenters. The van der Waals surface area contributed by atoms with Crippen molar-refractivity contribution in [1.29, 1.82) is 0 Å². The maximum Gasteiger partial charge on any atom is 0.251 e. The molecule has 0 bridgehead atoms. The van der Waals surface area contributed by atoms with E-state index in [2.05, 4.69) is 15.6 Å². The second-order valence-electron chi connectivity index (χ2n) is 8.19. The highest BCUT2D eigenvalue weighted by Gasteiger charge is 2.27. The molecule has 0 saturated carbocycles. The molecule has 1 aliphatic rings. The van der Waals surface area contributed by atoms with Crippen LogP contribution in [0.2, 0.25) is 0 Å². The third-order valence-corrected chi connectivity index (χ3v) is 5.77. The second-order valence-corrected chi connectivity index (χ2v) is 8.19. The minimum atomic E-state index is -0.919. The van der Waals surface area contributed by atoms with Crippen LogP contribution in [0.1, 0.15) is 40.5 Å². The Bertz CT molecular complexity index is 1210. The molecule has 9 heteroatoms. The first kappa shape index (κ1) is 23.4. The number of aromatic nitrogens is 1. The molecule has 176 valence electrons. The third-order valence-electron chi connectivity index (χ3n) is 5.77. The molecule has 0 radical (unpaired) electrons. The molecule has 34 heavy (non-hydrogen) atoms. The van der Waals surface area contributed by atoms with Crippen LogP contribution in [0.5, 0.6) is 0 Å². The van der Waals surface area contributed by atoms with Gasteiger partial charge in [-0.3, -0.25) is 14.6 Å². The average molecular weight is 468 g/mol. The van der Waals surface area contributed by atoms with Crippen LogP contribution in [0.4, 0.5) is 13.2 Å². The third kappa shape index (κ3) is 5.26. The van der Waals surface area contributed by atoms with Crippen LogP contribution in [0.3, 0.4) is 0 Å². The predicted molar refractivity (Wildman–Crippen MR) is 120 cm³/mol. The summed E-state index contributed by atoms with van der Waals surface area (Å²) in [5.74, 6) is -3.40. The van der Waals surface area contributed by atoms with Crippen molar-refractivity contribution < 1.29 is 22.8 Å². The molecule has 0 spiro atoms. The number of pyridine rings is 1. The molecule has 1 aliphatic heterocycles. The molecule has 6 nitrogen and oxygen atoms in total. The highest BCUT2D eigenvalue weighted by Crippen LogP contribution is 2.30. The van der Waals surface area contributed by atoms with E-state index in [9.17, 15) is 22.8 Å². The number of hydrogen-bond acceptors (Lipinski definition) is 4. The van der Waals surface area contributed by atoms with Crippen molar-refractivity contribution >= 4 is 11.8 Å². The normalized spacial score (nSPS) is 16.3. The van der Waals surface area contributed by atoms with E-state index in [0.29, 0.717) is 28.8 Å². The summed E-state index contributed by atoms with van der Waals surface area (Å²) >= 11 is 0. The minimum Gasteiger partial charge on any atom is -0.366 e.